The second-order valence-electron chi connectivity index (χ2n) is 13.1. The van der Waals surface area contributed by atoms with E-state index >= 15 is 0 Å². The van der Waals surface area contributed by atoms with Crippen LogP contribution < -0.4 is 0 Å². The average Bonchev–Trinajstić information content (AvgIpc) is 3.66. The molecule has 1 aromatic heterocycles. The van der Waals surface area contributed by atoms with Gasteiger partial charge in [0.2, 0.25) is 0 Å². The second-order valence-corrected chi connectivity index (χ2v) is 13.1. The quantitative estimate of drug-likeness (QED) is 0.135. The third kappa shape index (κ3) is 7.37. The monoisotopic (exact) mass is 656 g/mol. The fraction of sp³-hybridized carbons (Fsp3) is 0.0816. The Bertz CT molecular complexity index is 2260. The van der Waals surface area contributed by atoms with Crippen molar-refractivity contribution in [2.75, 3.05) is 0 Å². The van der Waals surface area contributed by atoms with Gasteiger partial charge in [-0.3, -0.25) is 4.57 Å². The molecule has 2 nitrogen and oxygen atoms in total. The van der Waals surface area contributed by atoms with Crippen molar-refractivity contribution in [3.63, 3.8) is 0 Å². The normalized spacial score (nSPS) is 11.1. The number of imidazole rings is 1. The molecular formula is C49H40N2. The van der Waals surface area contributed by atoms with E-state index in [9.17, 15) is 0 Å². The SMILES string of the molecule is c1ccc(CCc2cc(CCc3ccccc3)cc(-c3ccccc3-c3cnc(-c4ccccc4)n3-c3ccc(-c4ccccc4)cc3)c2)cc1. The van der Waals surface area contributed by atoms with E-state index in [1.165, 1.54) is 44.5 Å². The molecule has 8 aromatic rings. The van der Waals surface area contributed by atoms with Gasteiger partial charge in [0.25, 0.3) is 0 Å². The van der Waals surface area contributed by atoms with Gasteiger partial charge in [-0.15, -0.1) is 0 Å². The van der Waals surface area contributed by atoms with Crippen LogP contribution in [0.4, 0.5) is 0 Å². The fourth-order valence-corrected chi connectivity index (χ4v) is 7.06. The molecule has 0 aliphatic rings. The summed E-state index contributed by atoms with van der Waals surface area (Å²) in [6.07, 6.45) is 6.04. The molecule has 0 saturated heterocycles. The Morgan fingerprint density at radius 1 is 0.353 bits per heavy atom. The number of aryl methyl sites for hydroxylation is 4. The molecule has 0 saturated carbocycles. The van der Waals surface area contributed by atoms with Gasteiger partial charge in [0.15, 0.2) is 0 Å². The first-order valence-electron chi connectivity index (χ1n) is 17.9. The Balaban J connectivity index is 1.22. The van der Waals surface area contributed by atoms with E-state index in [1.807, 2.05) is 6.20 Å². The van der Waals surface area contributed by atoms with Crippen LogP contribution in [0.15, 0.2) is 194 Å². The number of rotatable bonds is 11. The summed E-state index contributed by atoms with van der Waals surface area (Å²) in [6.45, 7) is 0. The lowest BCUT2D eigenvalue weighted by Crippen LogP contribution is -2.01. The summed E-state index contributed by atoms with van der Waals surface area (Å²) in [5, 5.41) is 0. The molecule has 0 bridgehead atoms. The van der Waals surface area contributed by atoms with Crippen molar-refractivity contribution < 1.29 is 0 Å². The Hall–Kier alpha value is -6.25. The highest BCUT2D eigenvalue weighted by molar-refractivity contribution is 5.84. The highest BCUT2D eigenvalue weighted by Gasteiger charge is 2.19. The van der Waals surface area contributed by atoms with Crippen molar-refractivity contribution in [3.05, 3.63) is 217 Å². The molecule has 0 N–H and O–H groups in total. The van der Waals surface area contributed by atoms with Crippen LogP contribution in [0, 0.1) is 0 Å². The molecule has 0 radical (unpaired) electrons. The van der Waals surface area contributed by atoms with Crippen molar-refractivity contribution in [1.29, 1.82) is 0 Å². The maximum Gasteiger partial charge on any atom is 0.144 e. The maximum absolute atomic E-state index is 5.08. The summed E-state index contributed by atoms with van der Waals surface area (Å²) in [5.74, 6) is 0.924. The average molecular weight is 657 g/mol. The van der Waals surface area contributed by atoms with Gasteiger partial charge in [0, 0.05) is 16.8 Å². The molecule has 0 atom stereocenters. The zero-order valence-corrected chi connectivity index (χ0v) is 28.7. The molecule has 246 valence electrons. The summed E-state index contributed by atoms with van der Waals surface area (Å²) in [6, 6.07) is 67.6. The molecule has 1 heterocycles. The van der Waals surface area contributed by atoms with Crippen LogP contribution in [-0.2, 0) is 25.7 Å². The summed E-state index contributed by atoms with van der Waals surface area (Å²) in [7, 11) is 0. The molecule has 0 spiro atoms. The zero-order chi connectivity index (χ0) is 34.2. The standard InChI is InChI=1S/C49H40N2/c1-5-15-37(16-6-1)25-27-39-33-40(28-26-38-17-7-2-8-18-38)35-44(34-39)46-23-13-14-24-47(46)48-36-50-49(43-21-11-4-12-22-43)51(48)45-31-29-42(30-32-45)41-19-9-3-10-20-41/h1-24,29-36H,25-28H2. The lowest BCUT2D eigenvalue weighted by atomic mass is 9.91. The summed E-state index contributed by atoms with van der Waals surface area (Å²) in [4.78, 5) is 5.08. The predicted molar refractivity (Wildman–Crippen MR) is 213 cm³/mol. The van der Waals surface area contributed by atoms with Gasteiger partial charge in [0.1, 0.15) is 5.82 Å². The first-order valence-corrected chi connectivity index (χ1v) is 17.9. The summed E-state index contributed by atoms with van der Waals surface area (Å²) in [5.41, 5.74) is 14.7. The number of benzene rings is 7. The molecule has 8 rings (SSSR count). The first-order chi connectivity index (χ1) is 25.3. The van der Waals surface area contributed by atoms with Crippen LogP contribution in [-0.4, -0.2) is 9.55 Å². The number of hydrogen-bond donors (Lipinski definition) is 0. The van der Waals surface area contributed by atoms with Crippen LogP contribution in [0.25, 0.3) is 50.6 Å². The highest BCUT2D eigenvalue weighted by atomic mass is 15.1. The molecule has 0 fully saturated rings. The Morgan fingerprint density at radius 2 is 0.804 bits per heavy atom. The molecule has 7 aromatic carbocycles. The minimum absolute atomic E-state index is 0.924. The first kappa shape index (κ1) is 32.0. The smallest absolute Gasteiger partial charge is 0.144 e. The Morgan fingerprint density at radius 3 is 1.37 bits per heavy atom. The topological polar surface area (TPSA) is 17.8 Å². The fourth-order valence-electron chi connectivity index (χ4n) is 7.06. The van der Waals surface area contributed by atoms with Gasteiger partial charge >= 0.3 is 0 Å². The van der Waals surface area contributed by atoms with E-state index < -0.39 is 0 Å². The molecule has 2 heteroatoms. The van der Waals surface area contributed by atoms with Gasteiger partial charge < -0.3 is 0 Å². The van der Waals surface area contributed by atoms with Gasteiger partial charge in [-0.25, -0.2) is 4.98 Å². The van der Waals surface area contributed by atoms with Crippen molar-refractivity contribution in [2.45, 2.75) is 25.7 Å². The summed E-state index contributed by atoms with van der Waals surface area (Å²) < 4.78 is 2.32. The number of nitrogens with zero attached hydrogens (tertiary/aromatic N) is 2. The minimum atomic E-state index is 0.924. The Kier molecular flexibility index (Phi) is 9.47. The largest absolute Gasteiger partial charge is 0.292 e. The highest BCUT2D eigenvalue weighted by Crippen LogP contribution is 2.37. The predicted octanol–water partition coefficient (Wildman–Crippen LogP) is 12.1. The third-order valence-electron chi connectivity index (χ3n) is 9.68. The van der Waals surface area contributed by atoms with Crippen molar-refractivity contribution >= 4 is 0 Å². The van der Waals surface area contributed by atoms with Crippen LogP contribution >= 0.6 is 0 Å². The molecule has 0 aliphatic heterocycles. The third-order valence-corrected chi connectivity index (χ3v) is 9.68. The van der Waals surface area contributed by atoms with E-state index in [-0.39, 0.29) is 0 Å². The van der Waals surface area contributed by atoms with Crippen LogP contribution in [0.2, 0.25) is 0 Å². The van der Waals surface area contributed by atoms with Crippen molar-refractivity contribution in [2.24, 2.45) is 0 Å². The van der Waals surface area contributed by atoms with E-state index in [2.05, 4.69) is 193 Å². The molecule has 51 heavy (non-hydrogen) atoms. The van der Waals surface area contributed by atoms with Crippen LogP contribution in [0.5, 0.6) is 0 Å². The molecule has 0 unspecified atom stereocenters. The van der Waals surface area contributed by atoms with Crippen LogP contribution in [0.3, 0.4) is 0 Å². The zero-order valence-electron chi connectivity index (χ0n) is 28.7. The van der Waals surface area contributed by atoms with Gasteiger partial charge in [-0.05, 0) is 82.3 Å². The van der Waals surface area contributed by atoms with E-state index in [1.54, 1.807) is 0 Å². The van der Waals surface area contributed by atoms with Gasteiger partial charge in [-0.1, -0.05) is 176 Å². The lowest BCUT2D eigenvalue weighted by Gasteiger charge is -2.17. The molecular weight excluding hydrogens is 617 g/mol. The second kappa shape index (κ2) is 15.1. The number of aromatic nitrogens is 2. The molecule has 0 aliphatic carbocycles. The van der Waals surface area contributed by atoms with Crippen molar-refractivity contribution in [3.8, 4) is 50.6 Å². The van der Waals surface area contributed by atoms with Crippen molar-refractivity contribution in [1.82, 2.24) is 9.55 Å². The minimum Gasteiger partial charge on any atom is -0.292 e. The van der Waals surface area contributed by atoms with E-state index in [0.717, 1.165) is 54.0 Å². The van der Waals surface area contributed by atoms with E-state index in [0.29, 0.717) is 0 Å². The lowest BCUT2D eigenvalue weighted by molar-refractivity contribution is 0.931. The Labute approximate surface area is 301 Å². The van der Waals surface area contributed by atoms with Gasteiger partial charge in [0.05, 0.1) is 11.9 Å². The maximum atomic E-state index is 5.08. The summed E-state index contributed by atoms with van der Waals surface area (Å²) >= 11 is 0. The van der Waals surface area contributed by atoms with E-state index in [4.69, 9.17) is 4.98 Å². The van der Waals surface area contributed by atoms with Gasteiger partial charge in [-0.2, -0.15) is 0 Å². The number of hydrogen-bond acceptors (Lipinski definition) is 1. The molecule has 0 amide bonds. The van der Waals surface area contributed by atoms with Crippen LogP contribution in [0.1, 0.15) is 22.3 Å².